The number of aromatic amines is 1. The van der Waals surface area contributed by atoms with Crippen LogP contribution in [0.2, 0.25) is 0 Å². The molecule has 0 aromatic carbocycles. The number of sulfone groups is 1. The molecule has 0 aliphatic carbocycles. The number of hydrogen-bond donors (Lipinski definition) is 2. The van der Waals surface area contributed by atoms with E-state index in [0.717, 1.165) is 6.20 Å². The van der Waals surface area contributed by atoms with E-state index in [4.69, 9.17) is 4.74 Å². The van der Waals surface area contributed by atoms with Gasteiger partial charge in [0.1, 0.15) is 11.5 Å². The molecular weight excluding hydrogens is 413 g/mol. The van der Waals surface area contributed by atoms with Crippen molar-refractivity contribution < 1.29 is 31.1 Å². The molecule has 12 heteroatoms. The molecule has 1 atom stereocenters. The number of H-pyrrole nitrogens is 1. The number of ether oxygens (including phenoxy) is 1. The van der Waals surface area contributed by atoms with E-state index in [-0.39, 0.29) is 47.2 Å². The van der Waals surface area contributed by atoms with E-state index in [1.54, 1.807) is 0 Å². The molecule has 2 N–H and O–H groups in total. The van der Waals surface area contributed by atoms with Crippen LogP contribution in [0.4, 0.5) is 13.2 Å². The van der Waals surface area contributed by atoms with Crippen LogP contribution in [0.1, 0.15) is 24.4 Å². The number of nitrogens with zero attached hydrogens (tertiary/aromatic N) is 2. The molecule has 3 aliphatic rings. The van der Waals surface area contributed by atoms with Crippen LogP contribution in [0.3, 0.4) is 0 Å². The van der Waals surface area contributed by atoms with Gasteiger partial charge >= 0.3 is 6.18 Å². The highest BCUT2D eigenvalue weighted by molar-refractivity contribution is 7.92. The molecule has 3 fully saturated rings. The van der Waals surface area contributed by atoms with Crippen molar-refractivity contribution in [1.82, 2.24) is 20.2 Å². The van der Waals surface area contributed by atoms with E-state index < -0.39 is 21.7 Å². The zero-order valence-corrected chi connectivity index (χ0v) is 16.5. The van der Waals surface area contributed by atoms with Crippen LogP contribution in [0.5, 0.6) is 0 Å². The summed E-state index contributed by atoms with van der Waals surface area (Å²) in [5.74, 6) is -0.447. The summed E-state index contributed by atoms with van der Waals surface area (Å²) in [7, 11) is -3.04. The highest BCUT2D eigenvalue weighted by Gasteiger charge is 2.51. The molecular formula is C17H23F3N4O4S. The molecule has 8 nitrogen and oxygen atoms in total. The molecule has 1 aromatic rings. The summed E-state index contributed by atoms with van der Waals surface area (Å²) < 4.78 is 66.5. The van der Waals surface area contributed by atoms with Crippen molar-refractivity contribution >= 4 is 15.7 Å². The zero-order valence-electron chi connectivity index (χ0n) is 15.7. The van der Waals surface area contributed by atoms with Gasteiger partial charge in [0.15, 0.2) is 9.84 Å². The zero-order chi connectivity index (χ0) is 20.9. The number of alkyl halides is 3. The van der Waals surface area contributed by atoms with E-state index in [1.165, 1.54) is 0 Å². The summed E-state index contributed by atoms with van der Waals surface area (Å²) in [5.41, 5.74) is -1.22. The van der Waals surface area contributed by atoms with Gasteiger partial charge in [0, 0.05) is 31.7 Å². The van der Waals surface area contributed by atoms with Crippen molar-refractivity contribution in [3.63, 3.8) is 0 Å². The lowest BCUT2D eigenvalue weighted by Crippen LogP contribution is -2.56. The standard InChI is InChI=1S/C17H23F3N4O4S/c18-17(19,20)13-5-21-14(23-13)7-24-6-12(16(10-24)1-3-28-4-2-16)15(25)22-11-8-29(26,27)9-11/h5,11-12H,1-4,6-10H2,(H,21,23)(H,22,25)/t12-/m0/s1. The maximum absolute atomic E-state index is 12.9. The maximum Gasteiger partial charge on any atom is 0.432 e. The summed E-state index contributed by atoms with van der Waals surface area (Å²) >= 11 is 0. The van der Waals surface area contributed by atoms with Gasteiger partial charge in [-0.1, -0.05) is 0 Å². The van der Waals surface area contributed by atoms with Gasteiger partial charge in [-0.3, -0.25) is 9.69 Å². The molecule has 0 saturated carbocycles. The van der Waals surface area contributed by atoms with Crippen molar-refractivity contribution in [2.45, 2.75) is 31.6 Å². The molecule has 29 heavy (non-hydrogen) atoms. The van der Waals surface area contributed by atoms with Crippen LogP contribution in [-0.4, -0.2) is 73.0 Å². The van der Waals surface area contributed by atoms with E-state index in [9.17, 15) is 26.4 Å². The average molecular weight is 436 g/mol. The van der Waals surface area contributed by atoms with Crippen LogP contribution in [0.15, 0.2) is 6.20 Å². The van der Waals surface area contributed by atoms with E-state index in [1.807, 2.05) is 4.90 Å². The predicted molar refractivity (Wildman–Crippen MR) is 95.4 cm³/mol. The molecule has 1 amide bonds. The normalized spacial score (nSPS) is 27.1. The molecule has 0 unspecified atom stereocenters. The van der Waals surface area contributed by atoms with E-state index >= 15 is 0 Å². The second kappa shape index (κ2) is 7.24. The number of amides is 1. The fourth-order valence-electron chi connectivity index (χ4n) is 4.59. The molecule has 0 bridgehead atoms. The number of imidazole rings is 1. The third-order valence-corrected chi connectivity index (χ3v) is 7.91. The van der Waals surface area contributed by atoms with Crippen molar-refractivity contribution in [3.8, 4) is 0 Å². The van der Waals surface area contributed by atoms with Gasteiger partial charge in [0.05, 0.1) is 36.2 Å². The minimum absolute atomic E-state index is 0.0438. The largest absolute Gasteiger partial charge is 0.432 e. The Morgan fingerprint density at radius 1 is 1.34 bits per heavy atom. The lowest BCUT2D eigenvalue weighted by Gasteiger charge is -2.38. The number of hydrogen-bond acceptors (Lipinski definition) is 6. The molecule has 0 radical (unpaired) electrons. The van der Waals surface area contributed by atoms with Crippen molar-refractivity contribution in [3.05, 3.63) is 17.7 Å². The lowest BCUT2D eigenvalue weighted by molar-refractivity contribution is -0.141. The Balaban J connectivity index is 1.45. The second-order valence-corrected chi connectivity index (χ2v) is 10.4. The van der Waals surface area contributed by atoms with Gasteiger partial charge in [-0.2, -0.15) is 13.2 Å². The number of rotatable bonds is 4. The number of aromatic nitrogens is 2. The number of halogens is 3. The number of carbonyl (C=O) groups excluding carboxylic acids is 1. The molecule has 3 saturated heterocycles. The minimum atomic E-state index is -4.48. The highest BCUT2D eigenvalue weighted by Crippen LogP contribution is 2.45. The first-order chi connectivity index (χ1) is 13.6. The predicted octanol–water partition coefficient (Wildman–Crippen LogP) is 0.570. The maximum atomic E-state index is 12.9. The van der Waals surface area contributed by atoms with E-state index in [0.29, 0.717) is 39.1 Å². The average Bonchev–Trinajstić information content (AvgIpc) is 3.19. The Morgan fingerprint density at radius 2 is 2.03 bits per heavy atom. The minimum Gasteiger partial charge on any atom is -0.381 e. The van der Waals surface area contributed by atoms with Crippen molar-refractivity contribution in [1.29, 1.82) is 0 Å². The highest BCUT2D eigenvalue weighted by atomic mass is 32.2. The fourth-order valence-corrected chi connectivity index (χ4v) is 5.88. The van der Waals surface area contributed by atoms with Crippen LogP contribution in [-0.2, 0) is 32.1 Å². The first-order valence-electron chi connectivity index (χ1n) is 9.48. The second-order valence-electron chi connectivity index (χ2n) is 8.22. The Kier molecular flexibility index (Phi) is 5.14. The first kappa shape index (κ1) is 20.6. The third-order valence-electron chi connectivity index (χ3n) is 6.09. The van der Waals surface area contributed by atoms with E-state index in [2.05, 4.69) is 15.3 Å². The van der Waals surface area contributed by atoms with Gasteiger partial charge in [0.25, 0.3) is 0 Å². The van der Waals surface area contributed by atoms with Gasteiger partial charge in [-0.15, -0.1) is 0 Å². The molecule has 162 valence electrons. The summed E-state index contributed by atoms with van der Waals surface area (Å²) in [6.45, 7) is 2.16. The summed E-state index contributed by atoms with van der Waals surface area (Å²) in [5, 5.41) is 2.84. The summed E-state index contributed by atoms with van der Waals surface area (Å²) in [6.07, 6.45) is -2.35. The van der Waals surface area contributed by atoms with Gasteiger partial charge in [-0.05, 0) is 12.8 Å². The first-order valence-corrected chi connectivity index (χ1v) is 11.3. The van der Waals surface area contributed by atoms with Gasteiger partial charge in [-0.25, -0.2) is 13.4 Å². The van der Waals surface area contributed by atoms with Gasteiger partial charge < -0.3 is 15.0 Å². The topological polar surface area (TPSA) is 104 Å². The molecule has 1 aromatic heterocycles. The van der Waals surface area contributed by atoms with Crippen molar-refractivity contribution in [2.24, 2.45) is 11.3 Å². The third kappa shape index (κ3) is 4.29. The van der Waals surface area contributed by atoms with Crippen LogP contribution in [0.25, 0.3) is 0 Å². The Hall–Kier alpha value is -1.66. The molecule has 4 rings (SSSR count). The lowest BCUT2D eigenvalue weighted by atomic mass is 9.71. The van der Waals surface area contributed by atoms with Crippen LogP contribution < -0.4 is 5.32 Å². The quantitative estimate of drug-likeness (QED) is 0.715. The Labute approximate surface area is 166 Å². The van der Waals surface area contributed by atoms with Crippen LogP contribution in [0, 0.1) is 11.3 Å². The molecule has 3 aliphatic heterocycles. The number of carbonyl (C=O) groups is 1. The summed E-state index contributed by atoms with van der Waals surface area (Å²) in [6, 6.07) is -0.363. The monoisotopic (exact) mass is 436 g/mol. The number of likely N-dealkylation sites (tertiary alicyclic amines) is 1. The Bertz CT molecular complexity index is 867. The smallest absolute Gasteiger partial charge is 0.381 e. The molecule has 1 spiro atoms. The molecule has 4 heterocycles. The fraction of sp³-hybridized carbons (Fsp3) is 0.765. The number of nitrogens with one attached hydrogen (secondary N) is 2. The SMILES string of the molecule is O=C(NC1CS(=O)(=O)C1)[C@@H]1CN(Cc2ncc(C(F)(F)F)[nH]2)CC12CCOCC2. The Morgan fingerprint density at radius 3 is 2.62 bits per heavy atom. The van der Waals surface area contributed by atoms with Gasteiger partial charge in [0.2, 0.25) is 5.91 Å². The van der Waals surface area contributed by atoms with Crippen LogP contribution >= 0.6 is 0 Å². The summed E-state index contributed by atoms with van der Waals surface area (Å²) in [4.78, 5) is 21.0. The van der Waals surface area contributed by atoms with Crippen molar-refractivity contribution in [2.75, 3.05) is 37.8 Å².